The SMILES string of the molecule is O=C1COCC2(CN(C(=O)N3CC4(CC(Cc5cnc(C(F)(F)F)nc5)C4)C3)C2)N1. The van der Waals surface area contributed by atoms with Gasteiger partial charge in [0.25, 0.3) is 0 Å². The van der Waals surface area contributed by atoms with E-state index in [2.05, 4.69) is 15.3 Å². The lowest BCUT2D eigenvalue weighted by atomic mass is 9.56. The van der Waals surface area contributed by atoms with Crippen LogP contribution in [0.5, 0.6) is 0 Å². The van der Waals surface area contributed by atoms with Crippen LogP contribution < -0.4 is 5.32 Å². The van der Waals surface area contributed by atoms with Crippen molar-refractivity contribution in [3.63, 3.8) is 0 Å². The zero-order chi connectivity index (χ0) is 21.1. The van der Waals surface area contributed by atoms with E-state index in [0.717, 1.165) is 12.8 Å². The number of likely N-dealkylation sites (tertiary alicyclic amines) is 2. The summed E-state index contributed by atoms with van der Waals surface area (Å²) in [5.41, 5.74) is 0.411. The standard InChI is InChI=1S/C19H22F3N5O3/c20-19(21,22)15-23-4-13(5-24-15)1-12-2-17(3-12)7-26(8-17)16(29)27-9-18(10-27)11-30-6-14(28)25-18/h4-5,12H,1-3,6-11H2,(H,25,28). The first kappa shape index (κ1) is 19.5. The molecule has 0 aromatic carbocycles. The van der Waals surface area contributed by atoms with Gasteiger partial charge in [-0.25, -0.2) is 14.8 Å². The van der Waals surface area contributed by atoms with Gasteiger partial charge in [-0.15, -0.1) is 0 Å². The Labute approximate surface area is 170 Å². The molecule has 1 saturated carbocycles. The van der Waals surface area contributed by atoms with E-state index in [1.807, 2.05) is 4.90 Å². The van der Waals surface area contributed by atoms with Gasteiger partial charge in [0.05, 0.1) is 12.1 Å². The zero-order valence-corrected chi connectivity index (χ0v) is 16.2. The Morgan fingerprint density at radius 1 is 1.17 bits per heavy atom. The summed E-state index contributed by atoms with van der Waals surface area (Å²) in [6, 6.07) is -0.00865. The summed E-state index contributed by atoms with van der Waals surface area (Å²) in [6.07, 6.45) is 0.544. The van der Waals surface area contributed by atoms with Crippen molar-refractivity contribution in [3.05, 3.63) is 23.8 Å². The van der Waals surface area contributed by atoms with Crippen molar-refractivity contribution >= 4 is 11.9 Å². The minimum atomic E-state index is -4.52. The summed E-state index contributed by atoms with van der Waals surface area (Å²) < 4.78 is 42.9. The summed E-state index contributed by atoms with van der Waals surface area (Å²) in [5, 5.41) is 2.92. The number of nitrogens with one attached hydrogen (secondary N) is 1. The van der Waals surface area contributed by atoms with Gasteiger partial charge in [-0.05, 0) is 30.7 Å². The lowest BCUT2D eigenvalue weighted by molar-refractivity contribution is -0.145. The van der Waals surface area contributed by atoms with Gasteiger partial charge in [0.15, 0.2) is 0 Å². The van der Waals surface area contributed by atoms with E-state index in [0.29, 0.717) is 50.7 Å². The third-order valence-electron chi connectivity index (χ3n) is 6.52. The van der Waals surface area contributed by atoms with E-state index in [1.165, 1.54) is 12.4 Å². The van der Waals surface area contributed by atoms with Crippen molar-refractivity contribution in [2.24, 2.45) is 11.3 Å². The normalized spacial score (nSPS) is 24.8. The van der Waals surface area contributed by atoms with E-state index in [-0.39, 0.29) is 24.0 Å². The number of halogens is 3. The Balaban J connectivity index is 1.06. The van der Waals surface area contributed by atoms with Gasteiger partial charge in [0, 0.05) is 44.0 Å². The lowest BCUT2D eigenvalue weighted by Gasteiger charge is -2.61. The molecule has 162 valence electrons. The molecule has 4 aliphatic rings. The maximum Gasteiger partial charge on any atom is 0.451 e. The first-order valence-corrected chi connectivity index (χ1v) is 9.96. The van der Waals surface area contributed by atoms with Gasteiger partial charge in [-0.3, -0.25) is 4.79 Å². The minimum Gasteiger partial charge on any atom is -0.369 e. The van der Waals surface area contributed by atoms with E-state index >= 15 is 0 Å². The van der Waals surface area contributed by atoms with E-state index in [4.69, 9.17) is 4.74 Å². The minimum absolute atomic E-state index is 0.00865. The second kappa shape index (κ2) is 6.53. The maximum absolute atomic E-state index is 12.6. The van der Waals surface area contributed by atoms with Crippen molar-refractivity contribution in [1.82, 2.24) is 25.1 Å². The summed E-state index contributed by atoms with van der Waals surface area (Å²) >= 11 is 0. The quantitative estimate of drug-likeness (QED) is 0.766. The molecule has 0 atom stereocenters. The molecule has 0 radical (unpaired) electrons. The van der Waals surface area contributed by atoms with Crippen LogP contribution in [0.15, 0.2) is 12.4 Å². The molecule has 4 fully saturated rings. The number of carbonyl (C=O) groups is 2. The number of ether oxygens (including phenoxy) is 1. The average Bonchev–Trinajstić information content (AvgIpc) is 2.59. The number of nitrogens with zero attached hydrogens (tertiary/aromatic N) is 4. The number of aromatic nitrogens is 2. The Bertz CT molecular complexity index is 855. The van der Waals surface area contributed by atoms with Gasteiger partial charge in [0.2, 0.25) is 11.7 Å². The van der Waals surface area contributed by atoms with Crippen LogP contribution in [0, 0.1) is 11.3 Å². The molecule has 5 rings (SSSR count). The van der Waals surface area contributed by atoms with Crippen molar-refractivity contribution in [2.45, 2.75) is 31.0 Å². The summed E-state index contributed by atoms with van der Waals surface area (Å²) in [6.45, 7) is 2.86. The molecule has 1 aromatic heterocycles. The van der Waals surface area contributed by atoms with Gasteiger partial charge >= 0.3 is 12.2 Å². The molecule has 2 spiro atoms. The van der Waals surface area contributed by atoms with E-state index in [1.54, 1.807) is 4.90 Å². The molecule has 8 nitrogen and oxygen atoms in total. The van der Waals surface area contributed by atoms with Crippen LogP contribution in [0.1, 0.15) is 24.2 Å². The van der Waals surface area contributed by atoms with Crippen LogP contribution >= 0.6 is 0 Å². The maximum atomic E-state index is 12.6. The van der Waals surface area contributed by atoms with Crippen LogP contribution in [0.3, 0.4) is 0 Å². The highest BCUT2D eigenvalue weighted by atomic mass is 19.4. The Morgan fingerprint density at radius 3 is 2.40 bits per heavy atom. The summed E-state index contributed by atoms with van der Waals surface area (Å²) in [7, 11) is 0. The van der Waals surface area contributed by atoms with Gasteiger partial charge in [-0.1, -0.05) is 0 Å². The third kappa shape index (κ3) is 3.38. The molecule has 11 heteroatoms. The highest BCUT2D eigenvalue weighted by molar-refractivity contribution is 5.81. The number of hydrogen-bond donors (Lipinski definition) is 1. The molecule has 1 aliphatic carbocycles. The van der Waals surface area contributed by atoms with E-state index < -0.39 is 17.5 Å². The van der Waals surface area contributed by atoms with Gasteiger partial charge < -0.3 is 19.9 Å². The van der Waals surface area contributed by atoms with Crippen molar-refractivity contribution in [1.29, 1.82) is 0 Å². The van der Waals surface area contributed by atoms with Crippen molar-refractivity contribution < 1.29 is 27.5 Å². The zero-order valence-electron chi connectivity index (χ0n) is 16.2. The lowest BCUT2D eigenvalue weighted by Crippen LogP contribution is -2.78. The molecular weight excluding hydrogens is 403 g/mol. The smallest absolute Gasteiger partial charge is 0.369 e. The second-order valence-electron chi connectivity index (χ2n) is 9.21. The number of morpholine rings is 1. The van der Waals surface area contributed by atoms with Crippen LogP contribution in [0.25, 0.3) is 0 Å². The number of amides is 3. The largest absolute Gasteiger partial charge is 0.451 e. The highest BCUT2D eigenvalue weighted by Gasteiger charge is 2.56. The van der Waals surface area contributed by atoms with Crippen LogP contribution in [-0.4, -0.2) is 76.6 Å². The molecule has 0 bridgehead atoms. The average molecular weight is 425 g/mol. The Kier molecular flexibility index (Phi) is 4.25. The number of rotatable bonds is 2. The molecule has 4 heterocycles. The van der Waals surface area contributed by atoms with Gasteiger partial charge in [0.1, 0.15) is 6.61 Å². The van der Waals surface area contributed by atoms with Crippen LogP contribution in [0.4, 0.5) is 18.0 Å². The molecule has 3 aliphatic heterocycles. The fourth-order valence-corrected chi connectivity index (χ4v) is 5.30. The fourth-order valence-electron chi connectivity index (χ4n) is 5.30. The first-order chi connectivity index (χ1) is 14.2. The first-order valence-electron chi connectivity index (χ1n) is 9.96. The van der Waals surface area contributed by atoms with Gasteiger partial charge in [-0.2, -0.15) is 13.2 Å². The predicted molar refractivity (Wildman–Crippen MR) is 96.1 cm³/mol. The monoisotopic (exact) mass is 425 g/mol. The molecule has 0 unspecified atom stereocenters. The molecule has 3 saturated heterocycles. The molecular formula is C19H22F3N5O3. The number of carbonyl (C=O) groups excluding carboxylic acids is 2. The number of alkyl halides is 3. The molecule has 1 aromatic rings. The van der Waals surface area contributed by atoms with Crippen molar-refractivity contribution in [2.75, 3.05) is 39.4 Å². The van der Waals surface area contributed by atoms with Crippen LogP contribution in [-0.2, 0) is 22.1 Å². The summed E-state index contributed by atoms with van der Waals surface area (Å²) in [4.78, 5) is 34.5. The highest BCUT2D eigenvalue weighted by Crippen LogP contribution is 2.53. The van der Waals surface area contributed by atoms with E-state index in [9.17, 15) is 22.8 Å². The number of hydrogen-bond acceptors (Lipinski definition) is 5. The van der Waals surface area contributed by atoms with Crippen LogP contribution in [0.2, 0.25) is 0 Å². The number of urea groups is 1. The topological polar surface area (TPSA) is 87.7 Å². The van der Waals surface area contributed by atoms with Crippen molar-refractivity contribution in [3.8, 4) is 0 Å². The Morgan fingerprint density at radius 2 is 1.80 bits per heavy atom. The molecule has 30 heavy (non-hydrogen) atoms. The molecule has 1 N–H and O–H groups in total. The molecule has 3 amide bonds. The third-order valence-corrected chi connectivity index (χ3v) is 6.52. The Hall–Kier alpha value is -2.43. The second-order valence-corrected chi connectivity index (χ2v) is 9.21. The predicted octanol–water partition coefficient (Wildman–Crippen LogP) is 1.07. The summed E-state index contributed by atoms with van der Waals surface area (Å²) in [5.74, 6) is -0.878. The fraction of sp³-hybridized carbons (Fsp3) is 0.684.